The fourth-order valence-electron chi connectivity index (χ4n) is 4.14. The van der Waals surface area contributed by atoms with Gasteiger partial charge in [-0.05, 0) is 61.0 Å². The fraction of sp³-hybridized carbons (Fsp3) is 0.207. The van der Waals surface area contributed by atoms with Gasteiger partial charge in [0.25, 0.3) is 5.91 Å². The molecule has 196 valence electrons. The Morgan fingerprint density at radius 2 is 1.66 bits per heavy atom. The molecule has 0 aromatic heterocycles. The van der Waals surface area contributed by atoms with Crippen LogP contribution in [-0.4, -0.2) is 55.5 Å². The zero-order valence-corrected chi connectivity index (χ0v) is 22.3. The van der Waals surface area contributed by atoms with Crippen molar-refractivity contribution in [3.63, 3.8) is 0 Å². The summed E-state index contributed by atoms with van der Waals surface area (Å²) in [6.45, 7) is 4.15. The van der Waals surface area contributed by atoms with Gasteiger partial charge in [0.15, 0.2) is 0 Å². The van der Waals surface area contributed by atoms with Crippen molar-refractivity contribution in [1.82, 2.24) is 4.90 Å². The summed E-state index contributed by atoms with van der Waals surface area (Å²) in [5, 5.41) is 3.81. The van der Waals surface area contributed by atoms with Crippen LogP contribution in [-0.2, 0) is 9.53 Å². The predicted octanol–water partition coefficient (Wildman–Crippen LogP) is 5.78. The maximum atomic E-state index is 12.8. The van der Waals surface area contributed by atoms with Gasteiger partial charge in [-0.25, -0.2) is 4.79 Å². The molecule has 0 spiro atoms. The van der Waals surface area contributed by atoms with E-state index in [0.717, 1.165) is 5.69 Å². The first-order valence-electron chi connectivity index (χ1n) is 12.2. The fourth-order valence-corrected chi connectivity index (χ4v) is 4.62. The van der Waals surface area contributed by atoms with Crippen LogP contribution in [0, 0.1) is 0 Å². The van der Waals surface area contributed by atoms with Crippen LogP contribution < -0.4 is 10.2 Å². The first-order chi connectivity index (χ1) is 18.4. The van der Waals surface area contributed by atoms with Crippen molar-refractivity contribution in [2.75, 3.05) is 43.0 Å². The van der Waals surface area contributed by atoms with E-state index in [0.29, 0.717) is 58.6 Å². The van der Waals surface area contributed by atoms with Gasteiger partial charge in [0.1, 0.15) is 0 Å². The average molecular weight is 552 g/mol. The van der Waals surface area contributed by atoms with E-state index < -0.39 is 11.9 Å². The minimum atomic E-state index is -0.476. The zero-order valence-electron chi connectivity index (χ0n) is 20.8. The van der Waals surface area contributed by atoms with Crippen LogP contribution in [0.1, 0.15) is 33.2 Å². The van der Waals surface area contributed by atoms with Crippen molar-refractivity contribution in [2.24, 2.45) is 0 Å². The number of anilines is 2. The van der Waals surface area contributed by atoms with E-state index in [4.69, 9.17) is 27.9 Å². The van der Waals surface area contributed by atoms with E-state index in [9.17, 15) is 14.4 Å². The van der Waals surface area contributed by atoms with Gasteiger partial charge in [-0.3, -0.25) is 9.59 Å². The summed E-state index contributed by atoms with van der Waals surface area (Å²) >= 11 is 12.2. The van der Waals surface area contributed by atoms with Gasteiger partial charge >= 0.3 is 5.97 Å². The average Bonchev–Trinajstić information content (AvgIpc) is 2.93. The standard InChI is InChI=1S/C29H27Cl2N3O4/c1-2-38-29(37)22-9-12-26(33-14-16-34(17-15-33)28(36)21-6-4-3-5-7-21)25(18-22)32-27(35)13-10-20-8-11-23(30)19-24(20)31/h3-13,18-19H,2,14-17H2,1H3,(H,32,35)/b13-10+. The number of piperazine rings is 1. The maximum Gasteiger partial charge on any atom is 0.338 e. The summed E-state index contributed by atoms with van der Waals surface area (Å²) in [7, 11) is 0. The molecule has 0 unspecified atom stereocenters. The smallest absolute Gasteiger partial charge is 0.338 e. The molecule has 1 saturated heterocycles. The van der Waals surface area contributed by atoms with E-state index in [2.05, 4.69) is 10.2 Å². The summed E-state index contributed by atoms with van der Waals surface area (Å²) in [5.41, 5.74) is 2.84. The lowest BCUT2D eigenvalue weighted by Gasteiger charge is -2.37. The molecule has 2 amide bonds. The predicted molar refractivity (Wildman–Crippen MR) is 151 cm³/mol. The quantitative estimate of drug-likeness (QED) is 0.297. The largest absolute Gasteiger partial charge is 0.462 e. The van der Waals surface area contributed by atoms with Crippen LogP contribution in [0.15, 0.2) is 72.8 Å². The molecule has 1 aliphatic rings. The summed E-state index contributed by atoms with van der Waals surface area (Å²) in [5.74, 6) is -0.880. The van der Waals surface area contributed by atoms with Crippen molar-refractivity contribution in [2.45, 2.75) is 6.92 Å². The molecule has 0 atom stereocenters. The van der Waals surface area contributed by atoms with Crippen molar-refractivity contribution in [1.29, 1.82) is 0 Å². The van der Waals surface area contributed by atoms with Gasteiger partial charge < -0.3 is 19.9 Å². The lowest BCUT2D eigenvalue weighted by molar-refractivity contribution is -0.111. The molecule has 0 saturated carbocycles. The van der Waals surface area contributed by atoms with Gasteiger partial charge in [0, 0.05) is 47.9 Å². The molecule has 1 fully saturated rings. The highest BCUT2D eigenvalue weighted by Crippen LogP contribution is 2.29. The summed E-state index contributed by atoms with van der Waals surface area (Å²) in [4.78, 5) is 42.0. The monoisotopic (exact) mass is 551 g/mol. The number of ether oxygens (including phenoxy) is 1. The molecule has 1 heterocycles. The summed E-state index contributed by atoms with van der Waals surface area (Å²) in [6.07, 6.45) is 2.96. The first-order valence-corrected chi connectivity index (χ1v) is 13.0. The van der Waals surface area contributed by atoms with E-state index in [1.807, 2.05) is 23.1 Å². The van der Waals surface area contributed by atoms with Crippen LogP contribution in [0.5, 0.6) is 0 Å². The van der Waals surface area contributed by atoms with Gasteiger partial charge in [0.05, 0.1) is 23.5 Å². The molecule has 0 radical (unpaired) electrons. The van der Waals surface area contributed by atoms with Crippen molar-refractivity contribution >= 4 is 58.4 Å². The number of nitrogens with zero attached hydrogens (tertiary/aromatic N) is 2. The first kappa shape index (κ1) is 27.2. The van der Waals surface area contributed by atoms with Crippen LogP contribution in [0.2, 0.25) is 10.0 Å². The number of hydrogen-bond donors (Lipinski definition) is 1. The van der Waals surface area contributed by atoms with E-state index in [1.165, 1.54) is 6.08 Å². The second-order valence-electron chi connectivity index (χ2n) is 8.59. The molecular formula is C29H27Cl2N3O4. The third-order valence-electron chi connectivity index (χ3n) is 6.07. The molecular weight excluding hydrogens is 525 g/mol. The molecule has 38 heavy (non-hydrogen) atoms. The van der Waals surface area contributed by atoms with Gasteiger partial charge in [-0.1, -0.05) is 47.5 Å². The molecule has 4 rings (SSSR count). The Morgan fingerprint density at radius 1 is 0.921 bits per heavy atom. The van der Waals surface area contributed by atoms with E-state index in [1.54, 1.807) is 61.5 Å². The number of carbonyl (C=O) groups is 3. The number of carbonyl (C=O) groups excluding carboxylic acids is 3. The van der Waals surface area contributed by atoms with Crippen LogP contribution in [0.3, 0.4) is 0 Å². The minimum Gasteiger partial charge on any atom is -0.462 e. The van der Waals surface area contributed by atoms with Crippen LogP contribution >= 0.6 is 23.2 Å². The SMILES string of the molecule is CCOC(=O)c1ccc(N2CCN(C(=O)c3ccccc3)CC2)c(NC(=O)/C=C/c2ccc(Cl)cc2Cl)c1. The highest BCUT2D eigenvalue weighted by atomic mass is 35.5. The summed E-state index contributed by atoms with van der Waals surface area (Å²) in [6, 6.07) is 19.3. The molecule has 0 aliphatic carbocycles. The van der Waals surface area contributed by atoms with E-state index >= 15 is 0 Å². The minimum absolute atomic E-state index is 0.0116. The Balaban J connectivity index is 1.52. The molecule has 7 nitrogen and oxygen atoms in total. The topological polar surface area (TPSA) is 79.0 Å². The Morgan fingerprint density at radius 3 is 2.34 bits per heavy atom. The Labute approximate surface area is 231 Å². The molecule has 9 heteroatoms. The van der Waals surface area contributed by atoms with Crippen molar-refractivity contribution in [3.8, 4) is 0 Å². The van der Waals surface area contributed by atoms with Crippen LogP contribution in [0.4, 0.5) is 11.4 Å². The lowest BCUT2D eigenvalue weighted by atomic mass is 10.1. The normalized spacial score (nSPS) is 13.4. The Hall–Kier alpha value is -3.81. The van der Waals surface area contributed by atoms with Gasteiger partial charge in [0.2, 0.25) is 5.91 Å². The van der Waals surface area contributed by atoms with Gasteiger partial charge in [-0.2, -0.15) is 0 Å². The number of halogens is 2. The third-order valence-corrected chi connectivity index (χ3v) is 6.63. The van der Waals surface area contributed by atoms with Crippen molar-refractivity contribution in [3.05, 3.63) is 99.5 Å². The van der Waals surface area contributed by atoms with Crippen LogP contribution in [0.25, 0.3) is 6.08 Å². The highest BCUT2D eigenvalue weighted by Gasteiger charge is 2.24. The second-order valence-corrected chi connectivity index (χ2v) is 9.43. The van der Waals surface area contributed by atoms with Crippen molar-refractivity contribution < 1.29 is 19.1 Å². The van der Waals surface area contributed by atoms with E-state index in [-0.39, 0.29) is 12.5 Å². The number of benzene rings is 3. The lowest BCUT2D eigenvalue weighted by Crippen LogP contribution is -2.49. The zero-order chi connectivity index (χ0) is 27.1. The highest BCUT2D eigenvalue weighted by molar-refractivity contribution is 6.35. The third kappa shape index (κ3) is 6.73. The molecule has 1 aliphatic heterocycles. The molecule has 3 aromatic rings. The number of nitrogens with one attached hydrogen (secondary N) is 1. The summed E-state index contributed by atoms with van der Waals surface area (Å²) < 4.78 is 5.14. The number of rotatable bonds is 7. The number of amides is 2. The maximum absolute atomic E-state index is 12.8. The van der Waals surface area contributed by atoms with Gasteiger partial charge in [-0.15, -0.1) is 0 Å². The molecule has 0 bridgehead atoms. The molecule has 1 N–H and O–H groups in total. The Bertz CT molecular complexity index is 1350. The molecule has 3 aromatic carbocycles. The number of hydrogen-bond acceptors (Lipinski definition) is 5. The number of esters is 1. The Kier molecular flexibility index (Phi) is 9.05. The second kappa shape index (κ2) is 12.6.